The predicted molar refractivity (Wildman–Crippen MR) is 104 cm³/mol. The largest absolute Gasteiger partial charge is 0.261 e. The molecule has 1 heterocycles. The molecule has 0 aliphatic rings. The summed E-state index contributed by atoms with van der Waals surface area (Å²) in [5, 5.41) is 4.47. The molecule has 126 valence electrons. The van der Waals surface area contributed by atoms with Gasteiger partial charge in [-0.2, -0.15) is 5.10 Å². The summed E-state index contributed by atoms with van der Waals surface area (Å²) in [6.45, 7) is 6.10. The molecular weight excluding hydrogens is 308 g/mol. The fourth-order valence-electron chi connectivity index (χ4n) is 2.53. The topological polar surface area (TPSA) is 50.2 Å². The molecule has 3 aromatic rings. The smallest absolute Gasteiger partial charge is 0.161 e. The van der Waals surface area contributed by atoms with Crippen LogP contribution in [0.25, 0.3) is 11.4 Å². The lowest BCUT2D eigenvalue weighted by Crippen LogP contribution is -2.03. The highest BCUT2D eigenvalue weighted by molar-refractivity contribution is 5.99. The molecule has 0 unspecified atom stereocenters. The number of hydrogen-bond donors (Lipinski definition) is 1. The van der Waals surface area contributed by atoms with Crippen LogP contribution in [-0.2, 0) is 6.42 Å². The molecule has 2 aromatic carbocycles. The first kappa shape index (κ1) is 16.8. The van der Waals surface area contributed by atoms with Crippen molar-refractivity contribution >= 4 is 11.5 Å². The first-order valence-corrected chi connectivity index (χ1v) is 8.46. The average Bonchev–Trinajstić information content (AvgIpc) is 2.66. The highest BCUT2D eigenvalue weighted by Gasteiger charge is 2.05. The van der Waals surface area contributed by atoms with Crippen LogP contribution in [0.1, 0.15) is 30.7 Å². The fourth-order valence-corrected chi connectivity index (χ4v) is 2.53. The summed E-state index contributed by atoms with van der Waals surface area (Å²) >= 11 is 0. The van der Waals surface area contributed by atoms with Gasteiger partial charge >= 0.3 is 0 Å². The lowest BCUT2D eigenvalue weighted by molar-refractivity contribution is 1.09. The van der Waals surface area contributed by atoms with Crippen LogP contribution >= 0.6 is 0 Å². The van der Waals surface area contributed by atoms with Crippen molar-refractivity contribution in [1.82, 2.24) is 9.97 Å². The Bertz CT molecular complexity index is 868. The van der Waals surface area contributed by atoms with Crippen molar-refractivity contribution in [2.75, 3.05) is 5.43 Å². The van der Waals surface area contributed by atoms with Gasteiger partial charge in [0.05, 0.1) is 5.71 Å². The first-order valence-electron chi connectivity index (χ1n) is 8.46. The number of benzene rings is 2. The minimum Gasteiger partial charge on any atom is -0.261 e. The van der Waals surface area contributed by atoms with Gasteiger partial charge < -0.3 is 0 Å². The molecule has 0 aliphatic carbocycles. The van der Waals surface area contributed by atoms with E-state index >= 15 is 0 Å². The summed E-state index contributed by atoms with van der Waals surface area (Å²) < 4.78 is 0. The molecule has 1 aromatic heterocycles. The summed E-state index contributed by atoms with van der Waals surface area (Å²) in [5.41, 5.74) is 8.29. The van der Waals surface area contributed by atoms with Gasteiger partial charge in [-0.1, -0.05) is 61.5 Å². The van der Waals surface area contributed by atoms with E-state index in [-0.39, 0.29) is 0 Å². The van der Waals surface area contributed by atoms with Crippen LogP contribution in [0.15, 0.2) is 65.8 Å². The molecule has 0 fully saturated rings. The average molecular weight is 330 g/mol. The second-order valence-electron chi connectivity index (χ2n) is 5.94. The number of aryl methyl sites for hydroxylation is 2. The van der Waals surface area contributed by atoms with Crippen molar-refractivity contribution in [1.29, 1.82) is 0 Å². The molecule has 0 saturated heterocycles. The lowest BCUT2D eigenvalue weighted by atomic mass is 10.1. The Kier molecular flexibility index (Phi) is 5.19. The van der Waals surface area contributed by atoms with Crippen molar-refractivity contribution in [3.63, 3.8) is 0 Å². The van der Waals surface area contributed by atoms with Crippen LogP contribution in [0.3, 0.4) is 0 Å². The second-order valence-corrected chi connectivity index (χ2v) is 5.94. The zero-order valence-electron chi connectivity index (χ0n) is 14.8. The van der Waals surface area contributed by atoms with Crippen LogP contribution in [0, 0.1) is 6.92 Å². The van der Waals surface area contributed by atoms with Gasteiger partial charge in [0.25, 0.3) is 0 Å². The van der Waals surface area contributed by atoms with Gasteiger partial charge in [-0.15, -0.1) is 0 Å². The van der Waals surface area contributed by atoms with Crippen molar-refractivity contribution < 1.29 is 0 Å². The summed E-state index contributed by atoms with van der Waals surface area (Å²) in [6.07, 6.45) is 1.04. The van der Waals surface area contributed by atoms with E-state index in [1.54, 1.807) is 0 Å². The molecule has 3 rings (SSSR count). The minimum absolute atomic E-state index is 0.691. The Labute approximate surface area is 148 Å². The van der Waals surface area contributed by atoms with Crippen molar-refractivity contribution in [2.45, 2.75) is 27.2 Å². The van der Waals surface area contributed by atoms with E-state index < -0.39 is 0 Å². The molecule has 25 heavy (non-hydrogen) atoms. The van der Waals surface area contributed by atoms with Crippen LogP contribution in [-0.4, -0.2) is 15.7 Å². The van der Waals surface area contributed by atoms with Crippen LogP contribution in [0.5, 0.6) is 0 Å². The predicted octanol–water partition coefficient (Wildman–Crippen LogP) is 4.85. The Balaban J connectivity index is 1.81. The number of anilines is 1. The molecule has 1 N–H and O–H groups in total. The van der Waals surface area contributed by atoms with Crippen molar-refractivity contribution in [3.8, 4) is 11.4 Å². The van der Waals surface area contributed by atoms with E-state index in [1.807, 2.05) is 50.2 Å². The quantitative estimate of drug-likeness (QED) is 0.537. The Morgan fingerprint density at radius 3 is 2.40 bits per heavy atom. The monoisotopic (exact) mass is 330 g/mol. The van der Waals surface area contributed by atoms with E-state index in [0.717, 1.165) is 29.0 Å². The summed E-state index contributed by atoms with van der Waals surface area (Å²) in [5.74, 6) is 1.39. The number of aromatic nitrogens is 2. The van der Waals surface area contributed by atoms with E-state index in [2.05, 4.69) is 51.7 Å². The highest BCUT2D eigenvalue weighted by Crippen LogP contribution is 2.17. The third-order valence-corrected chi connectivity index (χ3v) is 4.00. The third kappa shape index (κ3) is 4.29. The SMILES string of the molecule is CCc1ccc(/C(C)=N/Nc2cc(C)nc(-c3ccccc3)n2)cc1. The van der Waals surface area contributed by atoms with E-state index in [0.29, 0.717) is 11.6 Å². The summed E-state index contributed by atoms with van der Waals surface area (Å²) in [6, 6.07) is 20.3. The highest BCUT2D eigenvalue weighted by atomic mass is 15.3. The lowest BCUT2D eigenvalue weighted by Gasteiger charge is -2.07. The number of nitrogens with zero attached hydrogens (tertiary/aromatic N) is 3. The van der Waals surface area contributed by atoms with E-state index in [1.165, 1.54) is 5.56 Å². The zero-order valence-corrected chi connectivity index (χ0v) is 14.8. The zero-order chi connectivity index (χ0) is 17.6. The van der Waals surface area contributed by atoms with Gasteiger partial charge in [0.15, 0.2) is 11.6 Å². The van der Waals surface area contributed by atoms with E-state index in [9.17, 15) is 0 Å². The van der Waals surface area contributed by atoms with Gasteiger partial charge in [0.1, 0.15) is 0 Å². The molecule has 0 atom stereocenters. The van der Waals surface area contributed by atoms with Gasteiger partial charge in [-0.25, -0.2) is 9.97 Å². The molecule has 4 nitrogen and oxygen atoms in total. The van der Waals surface area contributed by atoms with Crippen molar-refractivity contribution in [3.05, 3.63) is 77.5 Å². The second kappa shape index (κ2) is 7.71. The molecule has 0 bridgehead atoms. The maximum atomic E-state index is 4.57. The number of nitrogens with one attached hydrogen (secondary N) is 1. The van der Waals surface area contributed by atoms with Gasteiger partial charge in [-0.05, 0) is 31.4 Å². The van der Waals surface area contributed by atoms with Crippen molar-refractivity contribution in [2.24, 2.45) is 5.10 Å². The normalized spacial score (nSPS) is 11.4. The standard InChI is InChI=1S/C21H22N4/c1-4-17-10-12-18(13-11-17)16(3)24-25-20-14-15(2)22-21(23-20)19-8-6-5-7-9-19/h5-14H,4H2,1-3H3,(H,22,23,25)/b24-16+. The molecule has 0 radical (unpaired) electrons. The van der Waals surface area contributed by atoms with Gasteiger partial charge in [0.2, 0.25) is 0 Å². The molecule has 0 amide bonds. The number of rotatable bonds is 5. The summed E-state index contributed by atoms with van der Waals surface area (Å²) in [4.78, 5) is 9.08. The molecule has 0 spiro atoms. The van der Waals surface area contributed by atoms with E-state index in [4.69, 9.17) is 0 Å². The molecular formula is C21H22N4. The maximum Gasteiger partial charge on any atom is 0.161 e. The number of hydrogen-bond acceptors (Lipinski definition) is 4. The molecule has 0 aliphatic heterocycles. The fraction of sp³-hybridized carbons (Fsp3) is 0.190. The van der Waals surface area contributed by atoms with Gasteiger partial charge in [0, 0.05) is 17.3 Å². The Hall–Kier alpha value is -3.01. The Morgan fingerprint density at radius 2 is 1.72 bits per heavy atom. The molecule has 0 saturated carbocycles. The van der Waals surface area contributed by atoms with Gasteiger partial charge in [-0.3, -0.25) is 5.43 Å². The third-order valence-electron chi connectivity index (χ3n) is 4.00. The minimum atomic E-state index is 0.691. The maximum absolute atomic E-state index is 4.57. The van der Waals surface area contributed by atoms with Crippen LogP contribution in [0.4, 0.5) is 5.82 Å². The van der Waals surface area contributed by atoms with Crippen LogP contribution < -0.4 is 5.43 Å². The Morgan fingerprint density at radius 1 is 1.00 bits per heavy atom. The summed E-state index contributed by atoms with van der Waals surface area (Å²) in [7, 11) is 0. The molecule has 4 heteroatoms. The van der Waals surface area contributed by atoms with Crippen LogP contribution in [0.2, 0.25) is 0 Å². The first-order chi connectivity index (χ1) is 12.2. The number of hydrazone groups is 1.